The van der Waals surface area contributed by atoms with E-state index in [1.54, 1.807) is 24.3 Å². The Morgan fingerprint density at radius 3 is 0.769 bits per heavy atom. The summed E-state index contributed by atoms with van der Waals surface area (Å²) >= 11 is 0. The molecule has 4 aliphatic heterocycles. The highest BCUT2D eigenvalue weighted by Crippen LogP contribution is 2.50. The van der Waals surface area contributed by atoms with Crippen LogP contribution in [0.1, 0.15) is 197 Å². The third-order valence-corrected chi connectivity index (χ3v) is 24.6. The van der Waals surface area contributed by atoms with Crippen LogP contribution in [0.2, 0.25) is 0 Å². The Labute approximate surface area is 728 Å². The van der Waals surface area contributed by atoms with Crippen molar-refractivity contribution in [2.24, 2.45) is 47.3 Å². The molecule has 16 rings (SSSR count). The van der Waals surface area contributed by atoms with E-state index in [9.17, 15) is 114 Å². The van der Waals surface area contributed by atoms with Gasteiger partial charge in [0.25, 0.3) is 0 Å². The zero-order valence-corrected chi connectivity index (χ0v) is 68.6. The molecule has 8 aliphatic rings. The maximum Gasteiger partial charge on any atom is 0.573 e. The Hall–Kier alpha value is -9.82. The molecule has 130 heavy (non-hydrogen) atoms. The second kappa shape index (κ2) is 40.7. The molecule has 8 unspecified atom stereocenters. The summed E-state index contributed by atoms with van der Waals surface area (Å²) in [6.07, 6.45) is -16.4. The molecule has 0 bridgehead atoms. The fraction of sp³-hybridized carbons (Fsp3) is 0.478. The number of halogens is 26. The van der Waals surface area contributed by atoms with Crippen LogP contribution in [-0.2, 0) is 43.4 Å². The molecule has 38 heteroatoms. The van der Waals surface area contributed by atoms with Crippen molar-refractivity contribution in [3.05, 3.63) is 237 Å². The van der Waals surface area contributed by atoms with Crippen molar-refractivity contribution in [3.8, 4) is 46.0 Å². The molecule has 0 radical (unpaired) electrons. The zero-order chi connectivity index (χ0) is 93.5. The van der Waals surface area contributed by atoms with Crippen molar-refractivity contribution in [1.82, 2.24) is 0 Å². The molecule has 8 fully saturated rings. The summed E-state index contributed by atoms with van der Waals surface area (Å²) in [5, 5.41) is 0. The van der Waals surface area contributed by atoms with Crippen LogP contribution in [0.15, 0.2) is 158 Å². The summed E-state index contributed by atoms with van der Waals surface area (Å²) in [6.45, 7) is 2.37. The molecule has 708 valence electrons. The third kappa shape index (κ3) is 26.3. The van der Waals surface area contributed by atoms with E-state index in [4.69, 9.17) is 23.7 Å². The van der Waals surface area contributed by atoms with Gasteiger partial charge in [-0.25, -0.2) is 26.3 Å². The van der Waals surface area contributed by atoms with Crippen LogP contribution in [-0.4, -0.2) is 51.9 Å². The summed E-state index contributed by atoms with van der Waals surface area (Å²) in [6, 6.07) is 24.1. The Kier molecular flexibility index (Phi) is 30.6. The van der Waals surface area contributed by atoms with Gasteiger partial charge in [-0.1, -0.05) is 107 Å². The lowest BCUT2D eigenvalue weighted by Crippen LogP contribution is -2.31. The minimum absolute atomic E-state index is 0.0707. The van der Waals surface area contributed by atoms with Gasteiger partial charge in [0.05, 0.1) is 67.5 Å². The molecule has 8 aromatic rings. The van der Waals surface area contributed by atoms with Crippen LogP contribution in [0.3, 0.4) is 0 Å². The lowest BCUT2D eigenvalue weighted by Gasteiger charge is -2.38. The van der Waals surface area contributed by atoms with E-state index < -0.39 is 154 Å². The van der Waals surface area contributed by atoms with Crippen LogP contribution < -0.4 is 37.9 Å². The van der Waals surface area contributed by atoms with Crippen LogP contribution >= 0.6 is 0 Å². The number of hydrogen-bond acceptors (Lipinski definition) is 12. The summed E-state index contributed by atoms with van der Waals surface area (Å²) in [5.41, 5.74) is -1.49. The van der Waals surface area contributed by atoms with Gasteiger partial charge in [0.2, 0.25) is 0 Å². The van der Waals surface area contributed by atoms with Gasteiger partial charge in [-0.05, 0) is 230 Å². The van der Waals surface area contributed by atoms with Crippen molar-refractivity contribution in [2.75, 3.05) is 26.4 Å². The van der Waals surface area contributed by atoms with Gasteiger partial charge in [-0.3, -0.25) is 0 Å². The Morgan fingerprint density at radius 1 is 0.215 bits per heavy atom. The Bertz CT molecular complexity index is 5000. The van der Waals surface area contributed by atoms with E-state index >= 15 is 0 Å². The highest BCUT2D eigenvalue weighted by molar-refractivity contribution is 5.40. The molecule has 0 N–H and O–H groups in total. The lowest BCUT2D eigenvalue weighted by molar-refractivity contribution is -0.276. The number of ether oxygens (including phenoxy) is 12. The standard InChI is InChI=1S/C23H20F8O3.C23H21F7O3.C23H22F6O3.C23H23F5O3/c24-16-10-15(5-7-20(16)34-23(29,30)31)33-22(27,28)21-17(25)8-14(9-18(21)26)19-6-4-13(11-32-19)12-2-1-3-12;24-18-10-14(20-8-5-15(12-31-20)13-2-1-3-13)4-7-17(18)22(26,27)32-16-6-9-21(19(25)11-16)33-23(28,29)30;24-19-12-18(9-11-21(19)32-23(27,28)29)31-22(25,26)17-7-4-15(5-8-17)20-10-6-16(13-30-20)14-2-1-3-14;24-22(25,30-19-9-11-20(12-10-19)31-23(26,27)28)18-7-4-16(5-8-18)21-13-6-17(14-29-21)15-2-1-3-15/h5,7-10,12-13,19H,1-4,6,11H2;4,6-7,9-11,13,15,20H,1-3,5,8,12H2;4-5,7-9,11-12,14,16,20H,1-3,6,10,13H2;4-5,7-12,15,17,21H,1-3,6,13-14H2. The van der Waals surface area contributed by atoms with E-state index in [1.165, 1.54) is 94.5 Å². The minimum Gasteiger partial charge on any atom is -0.429 e. The first-order valence-corrected chi connectivity index (χ1v) is 42.0. The molecule has 12 nitrogen and oxygen atoms in total. The van der Waals surface area contributed by atoms with E-state index in [-0.39, 0.29) is 35.2 Å². The number of rotatable bonds is 24. The predicted octanol–water partition coefficient (Wildman–Crippen LogP) is 28.8. The maximum atomic E-state index is 14.6. The molecule has 0 spiro atoms. The zero-order valence-electron chi connectivity index (χ0n) is 68.6. The molecule has 8 aromatic carbocycles. The second-order valence-corrected chi connectivity index (χ2v) is 33.2. The van der Waals surface area contributed by atoms with Gasteiger partial charge in [-0.15, -0.1) is 52.7 Å². The summed E-state index contributed by atoms with van der Waals surface area (Å²) in [7, 11) is 0. The summed E-state index contributed by atoms with van der Waals surface area (Å²) < 4.78 is 403. The molecule has 0 amide bonds. The molecule has 8 atom stereocenters. The molecule has 4 saturated carbocycles. The molecular weight excluding hydrogens is 1790 g/mol. The van der Waals surface area contributed by atoms with Crippen LogP contribution in [0, 0.1) is 82.2 Å². The van der Waals surface area contributed by atoms with Gasteiger partial charge in [0.1, 0.15) is 51.8 Å². The van der Waals surface area contributed by atoms with Crippen LogP contribution in [0.5, 0.6) is 46.0 Å². The number of alkyl halides is 20. The average Bonchev–Trinajstić information content (AvgIpc) is 0.763. The van der Waals surface area contributed by atoms with Gasteiger partial charge >= 0.3 is 49.9 Å². The highest BCUT2D eigenvalue weighted by atomic mass is 19.4. The molecule has 4 saturated heterocycles. The first kappa shape index (κ1) is 97.7. The SMILES string of the molecule is FC(F)(F)Oc1ccc(OC(F)(F)c2ccc(C3CCC(C4CCC4)CO3)cc2)cc1.Fc1cc(OC(F)(F)c2c(F)cc(C3CCC(C4CCC4)CO3)cc2F)ccc1OC(F)(F)F.Fc1cc(OC(F)(F)c2ccc(C3CCC(C4CCC4)CO3)cc2)ccc1OC(F)(F)F.Fc1cc(OC(F)(F)c2ccc(C3CCC(C4CCC4)CO3)cc2F)ccc1OC(F)(F)F. The van der Waals surface area contributed by atoms with Crippen LogP contribution in [0.4, 0.5) is 114 Å². The highest BCUT2D eigenvalue weighted by Gasteiger charge is 2.47. The normalized spacial score (nSPS) is 22.2. The van der Waals surface area contributed by atoms with Crippen LogP contribution in [0.25, 0.3) is 0 Å². The lowest BCUT2D eigenvalue weighted by atomic mass is 9.73. The quantitative estimate of drug-likeness (QED) is 0.0537. The van der Waals surface area contributed by atoms with Crippen molar-refractivity contribution >= 4 is 0 Å². The van der Waals surface area contributed by atoms with Gasteiger partial charge in [-0.2, -0.15) is 35.1 Å². The topological polar surface area (TPSA) is 111 Å². The monoisotopic (exact) mass is 1880 g/mol. The second-order valence-electron chi connectivity index (χ2n) is 33.2. The molecular formula is C92H86F26O12. The number of hydrogen-bond donors (Lipinski definition) is 0. The molecule has 4 heterocycles. The maximum absolute atomic E-state index is 14.6. The van der Waals surface area contributed by atoms with E-state index in [0.29, 0.717) is 123 Å². The first-order valence-electron chi connectivity index (χ1n) is 42.0. The third-order valence-electron chi connectivity index (χ3n) is 24.6. The Balaban J connectivity index is 0.000000148. The average molecular weight is 1880 g/mol. The smallest absolute Gasteiger partial charge is 0.429 e. The van der Waals surface area contributed by atoms with E-state index in [2.05, 4.69) is 33.2 Å². The van der Waals surface area contributed by atoms with Gasteiger partial charge in [0, 0.05) is 18.2 Å². The largest absolute Gasteiger partial charge is 0.573 e. The van der Waals surface area contributed by atoms with E-state index in [1.807, 2.05) is 0 Å². The van der Waals surface area contributed by atoms with Crippen molar-refractivity contribution in [1.29, 1.82) is 0 Å². The minimum atomic E-state index is -5.21. The van der Waals surface area contributed by atoms with E-state index in [0.717, 1.165) is 129 Å². The fourth-order valence-electron chi connectivity index (χ4n) is 16.9. The fourth-order valence-corrected chi connectivity index (χ4v) is 16.9. The number of benzene rings is 8. The van der Waals surface area contributed by atoms with Gasteiger partial charge in [0.15, 0.2) is 34.7 Å². The predicted molar refractivity (Wildman–Crippen MR) is 411 cm³/mol. The molecule has 4 aliphatic carbocycles. The Morgan fingerprint density at radius 2 is 0.485 bits per heavy atom. The summed E-state index contributed by atoms with van der Waals surface area (Å²) in [5.74, 6) is -11.1. The van der Waals surface area contributed by atoms with Crippen molar-refractivity contribution < 1.29 is 171 Å². The molecule has 0 aromatic heterocycles. The van der Waals surface area contributed by atoms with Gasteiger partial charge < -0.3 is 56.8 Å². The first-order chi connectivity index (χ1) is 61.2. The van der Waals surface area contributed by atoms with Crippen molar-refractivity contribution in [2.45, 2.75) is 203 Å². The van der Waals surface area contributed by atoms with Crippen molar-refractivity contribution in [3.63, 3.8) is 0 Å². The summed E-state index contributed by atoms with van der Waals surface area (Å²) in [4.78, 5) is 0.